The molecule has 1 aliphatic rings. The van der Waals surface area contributed by atoms with E-state index in [1.165, 1.54) is 18.3 Å². The van der Waals surface area contributed by atoms with Crippen molar-refractivity contribution in [1.29, 1.82) is 5.41 Å². The lowest BCUT2D eigenvalue weighted by Crippen LogP contribution is -2.30. The van der Waals surface area contributed by atoms with E-state index in [1.54, 1.807) is 19.1 Å². The molecule has 3 unspecified atom stereocenters. The quantitative estimate of drug-likeness (QED) is 0.204. The molecule has 0 saturated heterocycles. The number of Topliss-reactive ketones (excluding diaryl/α,β-unsaturated/α-hetero) is 1. The van der Waals surface area contributed by atoms with Gasteiger partial charge in [0.05, 0.1) is 23.8 Å². The van der Waals surface area contributed by atoms with E-state index in [1.807, 2.05) is 27.7 Å². The summed E-state index contributed by atoms with van der Waals surface area (Å²) in [5, 5.41) is 7.48. The van der Waals surface area contributed by atoms with Crippen molar-refractivity contribution in [2.45, 2.75) is 53.9 Å². The number of fused-ring (bicyclic) bond motifs is 1. The van der Waals surface area contributed by atoms with Crippen molar-refractivity contribution in [2.75, 3.05) is 6.61 Å². The van der Waals surface area contributed by atoms with E-state index in [-0.39, 0.29) is 35.6 Å². The number of aliphatic imine (C=N–C) groups is 1. The second kappa shape index (κ2) is 13.1. The fourth-order valence-electron chi connectivity index (χ4n) is 4.08. The van der Waals surface area contributed by atoms with Crippen molar-refractivity contribution >= 4 is 17.5 Å². The Bertz CT molecular complexity index is 1130. The highest BCUT2D eigenvalue weighted by atomic mass is 19.1. The summed E-state index contributed by atoms with van der Waals surface area (Å²) in [7, 11) is 0. The van der Waals surface area contributed by atoms with Crippen molar-refractivity contribution in [3.63, 3.8) is 0 Å². The molecular formula is C29H37F2N3O2. The molecule has 1 aromatic rings. The van der Waals surface area contributed by atoms with Crippen LogP contribution in [0.1, 0.15) is 53.0 Å². The summed E-state index contributed by atoms with van der Waals surface area (Å²) in [4.78, 5) is 18.3. The van der Waals surface area contributed by atoms with E-state index >= 15 is 0 Å². The highest BCUT2D eigenvalue weighted by Gasteiger charge is 2.30. The van der Waals surface area contributed by atoms with Gasteiger partial charge in [0.1, 0.15) is 11.6 Å². The van der Waals surface area contributed by atoms with Crippen molar-refractivity contribution in [1.82, 2.24) is 0 Å². The van der Waals surface area contributed by atoms with E-state index in [9.17, 15) is 13.6 Å². The highest BCUT2D eigenvalue weighted by Crippen LogP contribution is 2.33. The molecule has 5 nitrogen and oxygen atoms in total. The summed E-state index contributed by atoms with van der Waals surface area (Å²) in [5.74, 6) is -1.74. The Morgan fingerprint density at radius 2 is 1.92 bits per heavy atom. The number of carbonyl (C=O) groups excluding carboxylic acids is 1. The van der Waals surface area contributed by atoms with Crippen molar-refractivity contribution in [3.8, 4) is 5.75 Å². The van der Waals surface area contributed by atoms with Gasteiger partial charge in [0.15, 0.2) is 5.78 Å². The second-order valence-electron chi connectivity index (χ2n) is 9.13. The number of nitrogens with one attached hydrogen (secondary N) is 1. The number of hydrogen-bond acceptors (Lipinski definition) is 5. The van der Waals surface area contributed by atoms with Gasteiger partial charge < -0.3 is 10.5 Å². The van der Waals surface area contributed by atoms with Crippen LogP contribution in [0, 0.1) is 29.0 Å². The molecule has 36 heavy (non-hydrogen) atoms. The van der Waals surface area contributed by atoms with Gasteiger partial charge >= 0.3 is 0 Å². The zero-order chi connectivity index (χ0) is 27.0. The first-order valence-corrected chi connectivity index (χ1v) is 12.3. The first-order valence-electron chi connectivity index (χ1n) is 12.3. The van der Waals surface area contributed by atoms with Crippen LogP contribution in [-0.2, 0) is 11.2 Å². The predicted octanol–water partition coefficient (Wildman–Crippen LogP) is 6.65. The summed E-state index contributed by atoms with van der Waals surface area (Å²) < 4.78 is 33.5. The molecule has 0 aromatic heterocycles. The number of nitrogens with zero attached hydrogens (tertiary/aromatic N) is 1. The van der Waals surface area contributed by atoms with Crippen LogP contribution in [0.2, 0.25) is 0 Å². The largest absolute Gasteiger partial charge is 0.493 e. The van der Waals surface area contributed by atoms with Crippen molar-refractivity contribution in [3.05, 3.63) is 76.9 Å². The lowest BCUT2D eigenvalue weighted by molar-refractivity contribution is -0.120. The van der Waals surface area contributed by atoms with Gasteiger partial charge in [-0.1, -0.05) is 40.3 Å². The van der Waals surface area contributed by atoms with Crippen LogP contribution in [0.4, 0.5) is 8.78 Å². The lowest BCUT2D eigenvalue weighted by atomic mass is 9.82. The monoisotopic (exact) mass is 497 g/mol. The van der Waals surface area contributed by atoms with Crippen LogP contribution in [0.15, 0.2) is 70.5 Å². The maximum atomic E-state index is 13.9. The summed E-state index contributed by atoms with van der Waals surface area (Å²) in [6, 6.07) is 4.31. The van der Waals surface area contributed by atoms with Gasteiger partial charge in [0.25, 0.3) is 0 Å². The number of ether oxygens (including phenoxy) is 1. The molecule has 0 saturated carbocycles. The molecule has 0 radical (unpaired) electrons. The SMILES string of the molecule is C=C(C(=C\N=C(/C(=C/N)C(=N)F)C(C)CC)/C(=C\C)C(=O)C1COc2ccc(F)cc2C1)C(C)CC. The first-order chi connectivity index (χ1) is 17.1. The average Bonchev–Trinajstić information content (AvgIpc) is 2.87. The van der Waals surface area contributed by atoms with Crippen LogP contribution in [0.5, 0.6) is 5.75 Å². The Labute approximate surface area is 213 Å². The Kier molecular flexibility index (Phi) is 10.5. The Morgan fingerprint density at radius 1 is 1.25 bits per heavy atom. The zero-order valence-electron chi connectivity index (χ0n) is 21.8. The minimum Gasteiger partial charge on any atom is -0.493 e. The molecule has 0 bridgehead atoms. The molecule has 1 aliphatic heterocycles. The van der Waals surface area contributed by atoms with Crippen molar-refractivity contribution in [2.24, 2.45) is 28.5 Å². The average molecular weight is 498 g/mol. The number of nitrogens with two attached hydrogens (primary N) is 1. The normalized spacial score (nSPS) is 18.7. The zero-order valence-corrected chi connectivity index (χ0v) is 21.8. The van der Waals surface area contributed by atoms with Crippen LogP contribution >= 0.6 is 0 Å². The van der Waals surface area contributed by atoms with Gasteiger partial charge in [-0.15, -0.1) is 0 Å². The van der Waals surface area contributed by atoms with Crippen LogP contribution < -0.4 is 10.5 Å². The third kappa shape index (κ3) is 6.65. The number of ketones is 1. The van der Waals surface area contributed by atoms with E-state index < -0.39 is 11.9 Å². The smallest absolute Gasteiger partial charge is 0.216 e. The molecule has 0 fully saturated rings. The molecular weight excluding hydrogens is 460 g/mol. The Hall–Kier alpha value is -3.35. The number of benzene rings is 1. The number of carbonyl (C=O) groups is 1. The minimum absolute atomic E-state index is 0.0580. The molecule has 2 rings (SSSR count). The summed E-state index contributed by atoms with van der Waals surface area (Å²) in [6.07, 6.45) is 6.11. The van der Waals surface area contributed by atoms with Crippen LogP contribution in [0.25, 0.3) is 0 Å². The fourth-order valence-corrected chi connectivity index (χ4v) is 4.08. The Morgan fingerprint density at radius 3 is 2.47 bits per heavy atom. The van der Waals surface area contributed by atoms with Crippen LogP contribution in [-0.4, -0.2) is 24.1 Å². The molecule has 1 heterocycles. The van der Waals surface area contributed by atoms with E-state index in [2.05, 4.69) is 11.6 Å². The molecule has 3 N–H and O–H groups in total. The molecule has 1 aromatic carbocycles. The molecule has 0 aliphatic carbocycles. The molecule has 0 amide bonds. The second-order valence-corrected chi connectivity index (χ2v) is 9.13. The summed E-state index contributed by atoms with van der Waals surface area (Å²) in [5.41, 5.74) is 8.21. The standard InChI is InChI=1S/C29H37F2N3O2/c1-7-17(4)19(6)25(15-34-27(18(5)8-2)24(14-32)29(31)33)23(9-3)28(35)21-12-20-13-22(30)10-11-26(20)36-16-21/h9-11,13-15,17-18,21,33H,6-8,12,16,32H2,1-5H3/b23-9+,24-14-,25-15+,33-29?,34-27-. The maximum Gasteiger partial charge on any atom is 0.216 e. The number of halogens is 2. The molecule has 0 spiro atoms. The number of hydrogen-bond donors (Lipinski definition) is 2. The number of rotatable bonds is 11. The third-order valence-corrected chi connectivity index (χ3v) is 6.79. The van der Waals surface area contributed by atoms with Gasteiger partial charge in [0.2, 0.25) is 5.97 Å². The number of allylic oxidation sites excluding steroid dienone is 5. The van der Waals surface area contributed by atoms with Gasteiger partial charge in [-0.25, -0.2) is 4.39 Å². The predicted molar refractivity (Wildman–Crippen MR) is 143 cm³/mol. The van der Waals surface area contributed by atoms with E-state index in [4.69, 9.17) is 15.9 Å². The summed E-state index contributed by atoms with van der Waals surface area (Å²) >= 11 is 0. The molecule has 7 heteroatoms. The van der Waals surface area contributed by atoms with Gasteiger partial charge in [-0.05, 0) is 67.4 Å². The van der Waals surface area contributed by atoms with Gasteiger partial charge in [0, 0.05) is 23.5 Å². The van der Waals surface area contributed by atoms with Crippen LogP contribution in [0.3, 0.4) is 0 Å². The van der Waals surface area contributed by atoms with Gasteiger partial charge in [-0.3, -0.25) is 15.2 Å². The Balaban J connectivity index is 2.56. The van der Waals surface area contributed by atoms with Crippen molar-refractivity contribution < 1.29 is 18.3 Å². The van der Waals surface area contributed by atoms with E-state index in [0.29, 0.717) is 41.0 Å². The topological polar surface area (TPSA) is 88.5 Å². The minimum atomic E-state index is -1.17. The highest BCUT2D eigenvalue weighted by molar-refractivity contribution is 6.21. The fraction of sp³-hybridized carbons (Fsp3) is 0.414. The lowest BCUT2D eigenvalue weighted by Gasteiger charge is -2.26. The molecule has 194 valence electrons. The van der Waals surface area contributed by atoms with E-state index in [0.717, 1.165) is 18.2 Å². The summed E-state index contributed by atoms with van der Waals surface area (Å²) in [6.45, 7) is 14.0. The van der Waals surface area contributed by atoms with Gasteiger partial charge in [-0.2, -0.15) is 4.39 Å². The third-order valence-electron chi connectivity index (χ3n) is 6.79. The maximum absolute atomic E-state index is 13.9. The molecule has 3 atom stereocenters. The first kappa shape index (κ1) is 28.9.